The molecule has 4 rings (SSSR count). The molecule has 9 heteroatoms. The monoisotopic (exact) mass is 410 g/mol. The van der Waals surface area contributed by atoms with Crippen LogP contribution in [0.3, 0.4) is 0 Å². The largest absolute Gasteiger partial charge is 0.369 e. The molecule has 0 bridgehead atoms. The molecule has 0 N–H and O–H groups in total. The molecule has 0 unspecified atom stereocenters. The number of hydrogen-bond acceptors (Lipinski definition) is 7. The molecule has 2 aromatic heterocycles. The molecule has 2 atom stereocenters. The van der Waals surface area contributed by atoms with Crippen molar-refractivity contribution in [2.75, 3.05) is 13.7 Å². The summed E-state index contributed by atoms with van der Waals surface area (Å²) in [6.07, 6.45) is 4.93. The third kappa shape index (κ3) is 3.72. The average Bonchev–Trinajstić information content (AvgIpc) is 3.46. The number of para-hydroxylation sites is 1. The van der Waals surface area contributed by atoms with Crippen molar-refractivity contribution in [2.24, 2.45) is 0 Å². The Bertz CT molecular complexity index is 1010. The number of benzene rings is 1. The minimum Gasteiger partial charge on any atom is -0.369 e. The average molecular weight is 410 g/mol. The molecule has 1 aromatic carbocycles. The fourth-order valence-corrected chi connectivity index (χ4v) is 3.66. The summed E-state index contributed by atoms with van der Waals surface area (Å²) >= 11 is 0. The zero-order valence-corrected chi connectivity index (χ0v) is 17.6. The summed E-state index contributed by atoms with van der Waals surface area (Å²) in [7, 11) is 1.61. The van der Waals surface area contributed by atoms with Crippen molar-refractivity contribution in [3.63, 3.8) is 0 Å². The van der Waals surface area contributed by atoms with E-state index in [0.29, 0.717) is 29.5 Å². The molecule has 0 aliphatic carbocycles. The minimum absolute atomic E-state index is 0.00490. The van der Waals surface area contributed by atoms with E-state index < -0.39 is 5.60 Å². The number of carbonyl (C=O) groups excluding carboxylic acids is 1. The SMILES string of the molecule is COC(C)(C)c1nc([C@@H]2CC[C@@H](C)N(C(=O)c3ccccc3-n3nccn3)C2)no1. The number of carbonyl (C=O) groups is 1. The van der Waals surface area contributed by atoms with Crippen molar-refractivity contribution >= 4 is 5.91 Å². The van der Waals surface area contributed by atoms with Crippen LogP contribution in [-0.4, -0.2) is 55.6 Å². The topological polar surface area (TPSA) is 99.2 Å². The van der Waals surface area contributed by atoms with E-state index in [1.165, 1.54) is 4.80 Å². The lowest BCUT2D eigenvalue weighted by atomic mass is 9.92. The van der Waals surface area contributed by atoms with Gasteiger partial charge in [0.25, 0.3) is 11.8 Å². The van der Waals surface area contributed by atoms with Crippen LogP contribution in [0.25, 0.3) is 5.69 Å². The number of likely N-dealkylation sites (tertiary alicyclic amines) is 1. The van der Waals surface area contributed by atoms with Gasteiger partial charge in [0.15, 0.2) is 5.82 Å². The standard InChI is InChI=1S/C21H26N6O3/c1-14-9-10-15(18-24-20(30-25-18)21(2,3)29-4)13-26(14)19(28)16-7-5-6-8-17(16)27-22-11-12-23-27/h5-8,11-12,14-15H,9-10,13H2,1-4H3/t14-,15-/m1/s1. The summed E-state index contributed by atoms with van der Waals surface area (Å²) in [5, 5.41) is 12.5. The van der Waals surface area contributed by atoms with Crippen LogP contribution in [-0.2, 0) is 10.3 Å². The molecule has 9 nitrogen and oxygen atoms in total. The lowest BCUT2D eigenvalue weighted by molar-refractivity contribution is -0.00787. The molecule has 158 valence electrons. The highest BCUT2D eigenvalue weighted by Crippen LogP contribution is 2.32. The van der Waals surface area contributed by atoms with Gasteiger partial charge in [-0.3, -0.25) is 4.79 Å². The van der Waals surface area contributed by atoms with Crippen molar-refractivity contribution in [3.05, 3.63) is 53.9 Å². The quantitative estimate of drug-likeness (QED) is 0.637. The Kier molecular flexibility index (Phi) is 5.38. The maximum absolute atomic E-state index is 13.5. The van der Waals surface area contributed by atoms with Gasteiger partial charge in [0.1, 0.15) is 5.60 Å². The molecule has 1 amide bonds. The van der Waals surface area contributed by atoms with Gasteiger partial charge in [-0.25, -0.2) is 0 Å². The Hall–Kier alpha value is -3.07. The van der Waals surface area contributed by atoms with Gasteiger partial charge < -0.3 is 14.2 Å². The zero-order valence-electron chi connectivity index (χ0n) is 17.6. The van der Waals surface area contributed by atoms with E-state index in [2.05, 4.69) is 27.3 Å². The summed E-state index contributed by atoms with van der Waals surface area (Å²) in [5.74, 6) is 1.000. The van der Waals surface area contributed by atoms with Crippen molar-refractivity contribution in [3.8, 4) is 5.69 Å². The molecule has 1 saturated heterocycles. The molecule has 0 radical (unpaired) electrons. The highest BCUT2D eigenvalue weighted by molar-refractivity contribution is 5.98. The molecule has 0 spiro atoms. The van der Waals surface area contributed by atoms with Crippen LogP contribution >= 0.6 is 0 Å². The fourth-order valence-electron chi connectivity index (χ4n) is 3.66. The third-order valence-corrected chi connectivity index (χ3v) is 5.74. The van der Waals surface area contributed by atoms with Gasteiger partial charge in [-0.05, 0) is 45.7 Å². The van der Waals surface area contributed by atoms with Gasteiger partial charge in [-0.1, -0.05) is 17.3 Å². The van der Waals surface area contributed by atoms with Gasteiger partial charge >= 0.3 is 0 Å². The highest BCUT2D eigenvalue weighted by Gasteiger charge is 2.35. The second-order valence-corrected chi connectivity index (χ2v) is 8.09. The van der Waals surface area contributed by atoms with E-state index in [-0.39, 0.29) is 17.9 Å². The normalized spacial score (nSPS) is 19.8. The molecule has 3 heterocycles. The van der Waals surface area contributed by atoms with Gasteiger partial charge in [-0.15, -0.1) is 0 Å². The first-order valence-electron chi connectivity index (χ1n) is 10.1. The number of hydrogen-bond donors (Lipinski definition) is 0. The first kappa shape index (κ1) is 20.2. The molecule has 1 aliphatic heterocycles. The molecule has 3 aromatic rings. The number of piperidine rings is 1. The van der Waals surface area contributed by atoms with E-state index in [1.54, 1.807) is 19.5 Å². The second-order valence-electron chi connectivity index (χ2n) is 8.09. The van der Waals surface area contributed by atoms with E-state index in [4.69, 9.17) is 9.26 Å². The van der Waals surface area contributed by atoms with Crippen LogP contribution < -0.4 is 0 Å². The second kappa shape index (κ2) is 7.98. The number of nitrogens with zero attached hydrogens (tertiary/aromatic N) is 6. The van der Waals surface area contributed by atoms with Crippen LogP contribution in [0, 0.1) is 0 Å². The summed E-state index contributed by atoms with van der Waals surface area (Å²) in [6.45, 7) is 6.35. The highest BCUT2D eigenvalue weighted by atomic mass is 16.5. The first-order chi connectivity index (χ1) is 14.4. The number of ether oxygens (including phenoxy) is 1. The summed E-state index contributed by atoms with van der Waals surface area (Å²) in [5.41, 5.74) is 0.569. The maximum Gasteiger partial charge on any atom is 0.258 e. The van der Waals surface area contributed by atoms with Crippen LogP contribution in [0.2, 0.25) is 0 Å². The predicted molar refractivity (Wildman–Crippen MR) is 108 cm³/mol. The Balaban J connectivity index is 1.59. The van der Waals surface area contributed by atoms with Crippen molar-refractivity contribution in [1.82, 2.24) is 30.0 Å². The summed E-state index contributed by atoms with van der Waals surface area (Å²) in [6, 6.07) is 7.48. The van der Waals surface area contributed by atoms with E-state index in [1.807, 2.05) is 43.0 Å². The molecule has 1 fully saturated rings. The van der Waals surface area contributed by atoms with Crippen molar-refractivity contribution in [1.29, 1.82) is 0 Å². The lowest BCUT2D eigenvalue weighted by Gasteiger charge is -2.37. The van der Waals surface area contributed by atoms with Gasteiger partial charge in [0.05, 0.1) is 23.6 Å². The molecule has 1 aliphatic rings. The molecular formula is C21H26N6O3. The number of rotatable bonds is 5. The van der Waals surface area contributed by atoms with Crippen LogP contribution in [0.15, 0.2) is 41.2 Å². The first-order valence-corrected chi connectivity index (χ1v) is 10.1. The van der Waals surface area contributed by atoms with Gasteiger partial charge in [0.2, 0.25) is 0 Å². The smallest absolute Gasteiger partial charge is 0.258 e. The van der Waals surface area contributed by atoms with Gasteiger partial charge in [-0.2, -0.15) is 20.0 Å². The van der Waals surface area contributed by atoms with E-state index in [0.717, 1.165) is 12.8 Å². The number of aromatic nitrogens is 5. The van der Waals surface area contributed by atoms with E-state index in [9.17, 15) is 4.79 Å². The molecule has 0 saturated carbocycles. The van der Waals surface area contributed by atoms with Crippen LogP contribution in [0.1, 0.15) is 61.6 Å². The predicted octanol–water partition coefficient (Wildman–Crippen LogP) is 2.94. The van der Waals surface area contributed by atoms with Crippen molar-refractivity contribution < 1.29 is 14.1 Å². The fraction of sp³-hybridized carbons (Fsp3) is 0.476. The number of methoxy groups -OCH3 is 1. The maximum atomic E-state index is 13.5. The van der Waals surface area contributed by atoms with Crippen LogP contribution in [0.5, 0.6) is 0 Å². The van der Waals surface area contributed by atoms with Gasteiger partial charge in [0, 0.05) is 25.6 Å². The lowest BCUT2D eigenvalue weighted by Crippen LogP contribution is -2.45. The number of amides is 1. The Labute approximate surface area is 175 Å². The minimum atomic E-state index is -0.654. The molecular weight excluding hydrogens is 384 g/mol. The molecule has 30 heavy (non-hydrogen) atoms. The third-order valence-electron chi connectivity index (χ3n) is 5.74. The zero-order chi connectivity index (χ0) is 21.3. The Morgan fingerprint density at radius 2 is 1.93 bits per heavy atom. The Morgan fingerprint density at radius 3 is 2.67 bits per heavy atom. The van der Waals surface area contributed by atoms with Crippen molar-refractivity contribution in [2.45, 2.75) is 51.2 Å². The summed E-state index contributed by atoms with van der Waals surface area (Å²) in [4.78, 5) is 21.4. The summed E-state index contributed by atoms with van der Waals surface area (Å²) < 4.78 is 10.9. The van der Waals surface area contributed by atoms with E-state index >= 15 is 0 Å². The Morgan fingerprint density at radius 1 is 1.20 bits per heavy atom. The van der Waals surface area contributed by atoms with Crippen LogP contribution in [0.4, 0.5) is 0 Å².